The van der Waals surface area contributed by atoms with Crippen molar-refractivity contribution in [3.05, 3.63) is 0 Å². The van der Waals surface area contributed by atoms with Gasteiger partial charge in [-0.15, -0.1) is 0 Å². The lowest BCUT2D eigenvalue weighted by molar-refractivity contribution is -0.121. The third-order valence-electron chi connectivity index (χ3n) is 2.94. The third kappa shape index (κ3) is 6.28. The zero-order valence-corrected chi connectivity index (χ0v) is 11.9. The van der Waals surface area contributed by atoms with E-state index in [1.807, 2.05) is 10.2 Å². The van der Waals surface area contributed by atoms with E-state index < -0.39 is 15.3 Å². The lowest BCUT2D eigenvalue weighted by Gasteiger charge is -2.29. The van der Waals surface area contributed by atoms with Crippen molar-refractivity contribution >= 4 is 21.2 Å². The smallest absolute Gasteiger partial charge is 0.351 e. The summed E-state index contributed by atoms with van der Waals surface area (Å²) < 4.78 is 21.2. The van der Waals surface area contributed by atoms with Gasteiger partial charge in [0.05, 0.1) is 12.8 Å². The topological polar surface area (TPSA) is 142 Å². The first kappa shape index (κ1) is 16.8. The highest BCUT2D eigenvalue weighted by Crippen LogP contribution is 2.08. The van der Waals surface area contributed by atoms with Crippen LogP contribution in [0.2, 0.25) is 0 Å². The Morgan fingerprint density at radius 2 is 1.85 bits per heavy atom. The zero-order valence-electron chi connectivity index (χ0n) is 11.0. The zero-order chi connectivity index (χ0) is 15.2. The Hall–Kier alpha value is -1.23. The van der Waals surface area contributed by atoms with E-state index in [4.69, 9.17) is 0 Å². The molecule has 1 fully saturated rings. The van der Waals surface area contributed by atoms with E-state index in [9.17, 15) is 23.1 Å². The van der Waals surface area contributed by atoms with E-state index in [0.717, 1.165) is 0 Å². The molecule has 1 aliphatic heterocycles. The summed E-state index contributed by atoms with van der Waals surface area (Å²) in [5.41, 5.74) is 0. The van der Waals surface area contributed by atoms with E-state index in [2.05, 4.69) is 10.5 Å². The molecular weight excluding hydrogens is 288 g/mol. The average Bonchev–Trinajstić information content (AvgIpc) is 2.37. The number of nitrogens with one attached hydrogen (secondary N) is 2. The molecule has 0 aliphatic carbocycles. The molecule has 1 aliphatic rings. The summed E-state index contributed by atoms with van der Waals surface area (Å²) in [5, 5.41) is 17.3. The number of amides is 2. The number of primary sulfonamides is 1. The van der Waals surface area contributed by atoms with Gasteiger partial charge in [-0.05, 0) is 12.8 Å². The summed E-state index contributed by atoms with van der Waals surface area (Å²) in [4.78, 5) is 24.3. The summed E-state index contributed by atoms with van der Waals surface area (Å²) in [6.45, 7) is 1.70. The van der Waals surface area contributed by atoms with Gasteiger partial charge >= 0.3 is 5.24 Å². The maximum absolute atomic E-state index is 11.5. The number of carbonyl (C=O) groups is 2. The molecule has 1 rings (SSSR count). The first-order valence-electron chi connectivity index (χ1n) is 6.27. The normalized spacial score (nSPS) is 17.7. The lowest BCUT2D eigenvalue weighted by Crippen LogP contribution is -2.44. The van der Waals surface area contributed by atoms with Crippen LogP contribution < -0.4 is 15.8 Å². The Morgan fingerprint density at radius 3 is 2.40 bits per heavy atom. The number of hydrogen-bond acceptors (Lipinski definition) is 6. The predicted octanol–water partition coefficient (Wildman–Crippen LogP) is -2.09. The molecule has 0 saturated carbocycles. The molecule has 0 aromatic carbocycles. The molecule has 0 atom stereocenters. The number of rotatable bonds is 5. The Kier molecular flexibility index (Phi) is 6.33. The third-order valence-corrected chi connectivity index (χ3v) is 3.60. The Balaban J connectivity index is 2.13. The predicted molar refractivity (Wildman–Crippen MR) is 70.9 cm³/mol. The minimum absolute atomic E-state index is 0.0300. The van der Waals surface area contributed by atoms with Gasteiger partial charge in [-0.1, -0.05) is 0 Å². The number of hydrogen-bond donors (Lipinski definition) is 4. The summed E-state index contributed by atoms with van der Waals surface area (Å²) in [5.74, 6) is -0.300. The van der Waals surface area contributed by atoms with Gasteiger partial charge in [0.2, 0.25) is 5.91 Å². The van der Waals surface area contributed by atoms with Crippen molar-refractivity contribution in [2.24, 2.45) is 5.14 Å². The second kappa shape index (κ2) is 7.53. The fourth-order valence-corrected chi connectivity index (χ4v) is 2.05. The first-order valence-corrected chi connectivity index (χ1v) is 7.81. The van der Waals surface area contributed by atoms with Gasteiger partial charge in [0.1, 0.15) is 0 Å². The second-order valence-electron chi connectivity index (χ2n) is 4.62. The van der Waals surface area contributed by atoms with Crippen LogP contribution in [0.3, 0.4) is 0 Å². The van der Waals surface area contributed by atoms with Crippen LogP contribution >= 0.6 is 0 Å². The van der Waals surface area contributed by atoms with Crippen molar-refractivity contribution < 1.29 is 23.1 Å². The van der Waals surface area contributed by atoms with Gasteiger partial charge in [-0.3, -0.25) is 14.5 Å². The van der Waals surface area contributed by atoms with E-state index in [1.165, 1.54) is 0 Å². The van der Waals surface area contributed by atoms with Crippen molar-refractivity contribution in [2.75, 3.05) is 26.3 Å². The molecule has 0 radical (unpaired) electrons. The maximum atomic E-state index is 11.5. The van der Waals surface area contributed by atoms with Gasteiger partial charge in [-0.2, -0.15) is 0 Å². The fourth-order valence-electron chi connectivity index (χ4n) is 1.74. The van der Waals surface area contributed by atoms with Crippen LogP contribution in [0.15, 0.2) is 0 Å². The van der Waals surface area contributed by atoms with Gasteiger partial charge in [0.15, 0.2) is 0 Å². The van der Waals surface area contributed by atoms with Crippen LogP contribution in [-0.2, 0) is 14.8 Å². The standard InChI is InChI=1S/C10H20N4O5S/c11-20(18,19)10(17)12-4-1-9(16)13-7-14-5-2-8(15)3-6-14/h8,15H,1-7H2,(H,12,17)(H,13,16)(H2,11,18,19). The molecule has 0 aromatic rings. The number of aliphatic hydroxyl groups is 1. The highest BCUT2D eigenvalue weighted by molar-refractivity contribution is 8.04. The molecule has 2 amide bonds. The SMILES string of the molecule is NS(=O)(=O)C(=O)NCCC(=O)NCN1CCC(O)CC1. The molecule has 1 heterocycles. The molecule has 116 valence electrons. The molecule has 9 nitrogen and oxygen atoms in total. The van der Waals surface area contributed by atoms with E-state index in [-0.39, 0.29) is 25.0 Å². The molecule has 10 heteroatoms. The van der Waals surface area contributed by atoms with Crippen molar-refractivity contribution in [1.82, 2.24) is 15.5 Å². The van der Waals surface area contributed by atoms with Crippen molar-refractivity contribution in [3.8, 4) is 0 Å². The number of nitrogens with two attached hydrogens (primary N) is 1. The Morgan fingerprint density at radius 1 is 1.25 bits per heavy atom. The number of carbonyl (C=O) groups excluding carboxylic acids is 2. The second-order valence-corrected chi connectivity index (χ2v) is 6.08. The van der Waals surface area contributed by atoms with Gasteiger partial charge < -0.3 is 15.7 Å². The summed E-state index contributed by atoms with van der Waals surface area (Å²) in [7, 11) is -4.25. The molecular formula is C10H20N4O5S. The Labute approximate surface area is 117 Å². The number of sulfonamides is 1. The monoisotopic (exact) mass is 308 g/mol. The van der Waals surface area contributed by atoms with Crippen LogP contribution in [0.1, 0.15) is 19.3 Å². The van der Waals surface area contributed by atoms with Crippen LogP contribution in [0.4, 0.5) is 4.79 Å². The lowest BCUT2D eigenvalue weighted by atomic mass is 10.1. The summed E-state index contributed by atoms with van der Waals surface area (Å²) >= 11 is 0. The molecule has 0 spiro atoms. The van der Waals surface area contributed by atoms with Gasteiger partial charge in [0.25, 0.3) is 10.0 Å². The van der Waals surface area contributed by atoms with Crippen molar-refractivity contribution in [1.29, 1.82) is 0 Å². The molecule has 1 saturated heterocycles. The largest absolute Gasteiger partial charge is 0.393 e. The van der Waals surface area contributed by atoms with Crippen LogP contribution in [0.25, 0.3) is 0 Å². The van der Waals surface area contributed by atoms with Crippen LogP contribution in [-0.4, -0.2) is 62.0 Å². The highest BCUT2D eigenvalue weighted by Gasteiger charge is 2.18. The molecule has 20 heavy (non-hydrogen) atoms. The molecule has 0 unspecified atom stereocenters. The quantitative estimate of drug-likeness (QED) is 0.458. The van der Waals surface area contributed by atoms with Crippen LogP contribution in [0.5, 0.6) is 0 Å². The van der Waals surface area contributed by atoms with Crippen molar-refractivity contribution in [3.63, 3.8) is 0 Å². The van der Waals surface area contributed by atoms with Gasteiger partial charge in [-0.25, -0.2) is 13.6 Å². The number of nitrogens with zero attached hydrogens (tertiary/aromatic N) is 1. The average molecular weight is 308 g/mol. The van der Waals surface area contributed by atoms with Gasteiger partial charge in [0, 0.05) is 26.1 Å². The first-order chi connectivity index (χ1) is 9.29. The number of piperidine rings is 1. The highest BCUT2D eigenvalue weighted by atomic mass is 32.2. The van der Waals surface area contributed by atoms with E-state index in [1.54, 1.807) is 0 Å². The van der Waals surface area contributed by atoms with Crippen molar-refractivity contribution in [2.45, 2.75) is 25.4 Å². The summed E-state index contributed by atoms with van der Waals surface area (Å²) in [6.07, 6.45) is 1.06. The number of aliphatic hydroxyl groups excluding tert-OH is 1. The fraction of sp³-hybridized carbons (Fsp3) is 0.800. The minimum atomic E-state index is -4.25. The number of likely N-dealkylation sites (tertiary alicyclic amines) is 1. The van der Waals surface area contributed by atoms with E-state index in [0.29, 0.717) is 32.6 Å². The Bertz CT molecular complexity index is 445. The van der Waals surface area contributed by atoms with E-state index >= 15 is 0 Å². The summed E-state index contributed by atoms with van der Waals surface area (Å²) in [6, 6.07) is 0. The molecule has 5 N–H and O–H groups in total. The molecule has 0 aromatic heterocycles. The molecule has 0 bridgehead atoms. The maximum Gasteiger partial charge on any atom is 0.351 e. The minimum Gasteiger partial charge on any atom is -0.393 e. The van der Waals surface area contributed by atoms with Crippen LogP contribution in [0, 0.1) is 0 Å².